The van der Waals surface area contributed by atoms with Crippen LogP contribution in [0.1, 0.15) is 16.8 Å². The van der Waals surface area contributed by atoms with Crippen LogP contribution in [0.2, 0.25) is 0 Å². The molecule has 0 unspecified atom stereocenters. The van der Waals surface area contributed by atoms with Crippen molar-refractivity contribution in [1.29, 1.82) is 0 Å². The molecule has 0 amide bonds. The summed E-state index contributed by atoms with van der Waals surface area (Å²) in [6.45, 7) is 3.78. The van der Waals surface area contributed by atoms with Gasteiger partial charge in [-0.3, -0.25) is 10.1 Å². The van der Waals surface area contributed by atoms with E-state index >= 15 is 0 Å². The standard InChI is InChI=1S/C11H11NO5/c1-2-3-6-17-10-5-4-8(12(15)16)7-9(10)11(13)14/h2,4-5,7H,1,3,6H2,(H,13,14). The summed E-state index contributed by atoms with van der Waals surface area (Å²) in [5.41, 5.74) is -0.498. The van der Waals surface area contributed by atoms with E-state index < -0.39 is 10.9 Å². The number of benzene rings is 1. The van der Waals surface area contributed by atoms with Crippen molar-refractivity contribution in [3.63, 3.8) is 0 Å². The number of hydrogen-bond donors (Lipinski definition) is 1. The number of aromatic carboxylic acids is 1. The number of carboxylic acids is 1. The van der Waals surface area contributed by atoms with Gasteiger partial charge in [0.1, 0.15) is 11.3 Å². The number of carbonyl (C=O) groups is 1. The summed E-state index contributed by atoms with van der Waals surface area (Å²) in [5.74, 6) is -1.15. The van der Waals surface area contributed by atoms with Crippen molar-refractivity contribution in [3.8, 4) is 5.75 Å². The van der Waals surface area contributed by atoms with Gasteiger partial charge in [-0.1, -0.05) is 6.08 Å². The third kappa shape index (κ3) is 3.30. The molecule has 0 aliphatic heterocycles. The smallest absolute Gasteiger partial charge is 0.339 e. The molecule has 0 fully saturated rings. The molecule has 0 bridgehead atoms. The number of ether oxygens (including phenoxy) is 1. The second-order valence-corrected chi connectivity index (χ2v) is 3.17. The first-order valence-electron chi connectivity index (χ1n) is 4.81. The van der Waals surface area contributed by atoms with Gasteiger partial charge in [-0.05, 0) is 12.5 Å². The van der Waals surface area contributed by atoms with Gasteiger partial charge in [-0.25, -0.2) is 4.79 Å². The van der Waals surface area contributed by atoms with Crippen LogP contribution in [0.25, 0.3) is 0 Å². The average molecular weight is 237 g/mol. The summed E-state index contributed by atoms with van der Waals surface area (Å²) in [6.07, 6.45) is 2.20. The Hall–Kier alpha value is -2.37. The summed E-state index contributed by atoms with van der Waals surface area (Å²) in [4.78, 5) is 20.8. The van der Waals surface area contributed by atoms with Crippen LogP contribution in [0, 0.1) is 10.1 Å². The zero-order chi connectivity index (χ0) is 12.8. The highest BCUT2D eigenvalue weighted by molar-refractivity contribution is 5.91. The quantitative estimate of drug-likeness (QED) is 0.354. The summed E-state index contributed by atoms with van der Waals surface area (Å²) in [7, 11) is 0. The molecule has 6 heteroatoms. The van der Waals surface area contributed by atoms with Gasteiger partial charge >= 0.3 is 5.97 Å². The van der Waals surface area contributed by atoms with Crippen molar-refractivity contribution in [1.82, 2.24) is 0 Å². The SMILES string of the molecule is C=CCCOc1ccc([N+](=O)[O-])cc1C(=O)O. The van der Waals surface area contributed by atoms with Crippen LogP contribution in [-0.4, -0.2) is 22.6 Å². The molecule has 1 aromatic carbocycles. The van der Waals surface area contributed by atoms with Gasteiger partial charge in [0, 0.05) is 12.1 Å². The van der Waals surface area contributed by atoms with Gasteiger partial charge < -0.3 is 9.84 Å². The van der Waals surface area contributed by atoms with Crippen LogP contribution in [-0.2, 0) is 0 Å². The van der Waals surface area contributed by atoms with E-state index in [4.69, 9.17) is 9.84 Å². The number of nitro groups is 1. The Labute approximate surface area is 97.3 Å². The zero-order valence-corrected chi connectivity index (χ0v) is 8.96. The normalized spacial score (nSPS) is 9.65. The Morgan fingerprint density at radius 1 is 1.59 bits per heavy atom. The first-order valence-corrected chi connectivity index (χ1v) is 4.81. The molecule has 0 aliphatic rings. The van der Waals surface area contributed by atoms with Crippen LogP contribution >= 0.6 is 0 Å². The minimum absolute atomic E-state index is 0.116. The molecule has 0 aliphatic carbocycles. The van der Waals surface area contributed by atoms with Crippen LogP contribution in [0.5, 0.6) is 5.75 Å². The van der Waals surface area contributed by atoms with Crippen molar-refractivity contribution in [2.24, 2.45) is 0 Å². The van der Waals surface area contributed by atoms with Gasteiger partial charge in [0.15, 0.2) is 0 Å². The average Bonchev–Trinajstić information content (AvgIpc) is 2.29. The van der Waals surface area contributed by atoms with Crippen molar-refractivity contribution < 1.29 is 19.6 Å². The van der Waals surface area contributed by atoms with Crippen molar-refractivity contribution in [2.75, 3.05) is 6.61 Å². The van der Waals surface area contributed by atoms with E-state index in [-0.39, 0.29) is 23.6 Å². The van der Waals surface area contributed by atoms with Gasteiger partial charge in [-0.15, -0.1) is 6.58 Å². The Morgan fingerprint density at radius 2 is 2.29 bits per heavy atom. The maximum Gasteiger partial charge on any atom is 0.339 e. The molecule has 0 aromatic heterocycles. The number of non-ortho nitro benzene ring substituents is 1. The maximum atomic E-state index is 10.9. The van der Waals surface area contributed by atoms with Gasteiger partial charge in [0.2, 0.25) is 0 Å². The predicted molar refractivity (Wildman–Crippen MR) is 60.4 cm³/mol. The monoisotopic (exact) mass is 237 g/mol. The summed E-state index contributed by atoms with van der Waals surface area (Å²) in [6, 6.07) is 3.46. The van der Waals surface area contributed by atoms with Gasteiger partial charge in [0.05, 0.1) is 11.5 Å². The second-order valence-electron chi connectivity index (χ2n) is 3.17. The molecule has 1 N–H and O–H groups in total. The first kappa shape index (κ1) is 12.7. The fourth-order valence-electron chi connectivity index (χ4n) is 1.18. The third-order valence-electron chi connectivity index (χ3n) is 1.98. The molecule has 0 radical (unpaired) electrons. The van der Waals surface area contributed by atoms with Crippen LogP contribution in [0.4, 0.5) is 5.69 Å². The molecule has 90 valence electrons. The van der Waals surface area contributed by atoms with E-state index in [1.807, 2.05) is 0 Å². The van der Waals surface area contributed by atoms with Crippen LogP contribution < -0.4 is 4.74 Å². The molecule has 0 atom stereocenters. The van der Waals surface area contributed by atoms with Crippen molar-refractivity contribution >= 4 is 11.7 Å². The van der Waals surface area contributed by atoms with E-state index in [0.29, 0.717) is 6.42 Å². The molecule has 0 saturated carbocycles. The molecular formula is C11H11NO5. The highest BCUT2D eigenvalue weighted by atomic mass is 16.6. The largest absolute Gasteiger partial charge is 0.492 e. The van der Waals surface area contributed by atoms with Crippen LogP contribution in [0.15, 0.2) is 30.9 Å². The van der Waals surface area contributed by atoms with Crippen molar-refractivity contribution in [3.05, 3.63) is 46.5 Å². The Bertz CT molecular complexity index is 455. The van der Waals surface area contributed by atoms with Gasteiger partial charge in [-0.2, -0.15) is 0 Å². The lowest BCUT2D eigenvalue weighted by atomic mass is 10.2. The Morgan fingerprint density at radius 3 is 2.82 bits per heavy atom. The van der Waals surface area contributed by atoms with E-state index in [9.17, 15) is 14.9 Å². The maximum absolute atomic E-state index is 10.9. The van der Waals surface area contributed by atoms with E-state index in [1.54, 1.807) is 6.08 Å². The topological polar surface area (TPSA) is 89.7 Å². The fraction of sp³-hybridized carbons (Fsp3) is 0.182. The Balaban J connectivity index is 3.00. The lowest BCUT2D eigenvalue weighted by molar-refractivity contribution is -0.384. The zero-order valence-electron chi connectivity index (χ0n) is 8.96. The number of rotatable bonds is 6. The number of carboxylic acid groups (broad SMARTS) is 1. The molecule has 0 saturated heterocycles. The fourth-order valence-corrected chi connectivity index (χ4v) is 1.18. The van der Waals surface area contributed by atoms with Crippen molar-refractivity contribution in [2.45, 2.75) is 6.42 Å². The summed E-state index contributed by atoms with van der Waals surface area (Å²) < 4.78 is 5.20. The third-order valence-corrected chi connectivity index (χ3v) is 1.98. The van der Waals surface area contributed by atoms with Gasteiger partial charge in [0.25, 0.3) is 5.69 Å². The first-order chi connectivity index (χ1) is 8.06. The molecule has 0 spiro atoms. The molecular weight excluding hydrogens is 226 g/mol. The Kier molecular flexibility index (Phi) is 4.21. The van der Waals surface area contributed by atoms with Crippen LogP contribution in [0.3, 0.4) is 0 Å². The molecule has 17 heavy (non-hydrogen) atoms. The minimum Gasteiger partial charge on any atom is -0.492 e. The second kappa shape index (κ2) is 5.64. The number of hydrogen-bond acceptors (Lipinski definition) is 4. The molecule has 0 heterocycles. The highest BCUT2D eigenvalue weighted by Gasteiger charge is 2.16. The molecule has 1 rings (SSSR count). The lowest BCUT2D eigenvalue weighted by Gasteiger charge is -2.07. The molecule has 1 aromatic rings. The van der Waals surface area contributed by atoms with E-state index in [2.05, 4.69) is 6.58 Å². The number of nitrogens with zero attached hydrogens (tertiary/aromatic N) is 1. The molecule has 6 nitrogen and oxygen atoms in total. The number of nitro benzene ring substituents is 1. The summed E-state index contributed by atoms with van der Waals surface area (Å²) in [5, 5.41) is 19.4. The minimum atomic E-state index is -1.26. The highest BCUT2D eigenvalue weighted by Crippen LogP contribution is 2.24. The summed E-state index contributed by atoms with van der Waals surface area (Å²) >= 11 is 0. The predicted octanol–water partition coefficient (Wildman–Crippen LogP) is 2.25. The van der Waals surface area contributed by atoms with E-state index in [1.165, 1.54) is 12.1 Å². The lowest BCUT2D eigenvalue weighted by Crippen LogP contribution is -2.05. The van der Waals surface area contributed by atoms with E-state index in [0.717, 1.165) is 6.07 Å².